The van der Waals surface area contributed by atoms with Crippen LogP contribution in [-0.4, -0.2) is 247 Å². The summed E-state index contributed by atoms with van der Waals surface area (Å²) in [6, 6.07) is 49.8. The number of epoxide rings is 1. The lowest BCUT2D eigenvalue weighted by atomic mass is 10.0. The number of allylic oxidation sites excluding steroid dienone is 2. The number of amides is 8. The molecular formula is C103H149N13O21S. The minimum Gasteiger partial charge on any atom is -0.618 e. The number of carbonyl (C=O) groups excluding carboxylic acids is 8. The standard InChI is InChI=1S/C17H28N4O5S.C17H33N3O4.C16H21NO2.C14H20N2O3.C14H17NO3.C14H17NO2.C11H13NO2/c1-12(2)10-13(18)17(23)19-14-6-5-8-20(11-15(14)22)27(25,26)16-7-3-4-9-21(16)24;1-11(2)9-13(20-16(23)24-17(3,4)5)15(22)19-12-7-6-8-18-10-14(12)21;1-3-5-9-13-17(12-4-2)16(18)19-14-15-10-7-6-8-11-15;15-12-7-4-8-16(9-13(12)17)14(18)19-10-11-5-2-1-3-6-11;16-14(17-10-11-5-2-1-3-6-11)15-8-4-7-12-13(9-15)18-12;16-14(15-10-6-1-2-7-11-15)17-12-13-8-4-3-5-9-13;1-2-8-12-11(13)14-9-10-6-4-3-5-7-10/h3-4,7,9,12-15,22H,5-6,8,10-11,18H2,1-2H3,(H,19,23);11-14,18,21H,6-10H2,1-5H3,(H,19,22)(H,20,23);3-4,6-8,10-11H,1-2,5,9,12-14H2;1-3,5-6,12-13,17H,4,7-10,15H2;1-3,5-6,12-13H,4,7-10H2;1,3-6,8-9H,2,7,10-12H2;2-7H,1,8-9H2,(H,12,13)/t13-,14?,15?;12?,13-,14?;;;;;/m00...../s1. The van der Waals surface area contributed by atoms with Gasteiger partial charge < -0.3 is 111 Å². The highest BCUT2D eigenvalue weighted by Crippen LogP contribution is 2.31. The zero-order chi connectivity index (χ0) is 101. The minimum absolute atomic E-state index is 0.151. The van der Waals surface area contributed by atoms with Crippen LogP contribution in [0, 0.1) is 17.0 Å². The first-order chi connectivity index (χ1) is 66.2. The molecule has 10 atom stereocenters. The number of likely N-dealkylation sites (tertiary alicyclic amines) is 2. The molecule has 5 aromatic carbocycles. The van der Waals surface area contributed by atoms with Crippen LogP contribution in [0.5, 0.6) is 0 Å². The van der Waals surface area contributed by atoms with E-state index in [4.69, 9.17) is 44.6 Å². The van der Waals surface area contributed by atoms with Crippen LogP contribution in [0.2, 0.25) is 0 Å². The smallest absolute Gasteiger partial charge is 0.410 e. The van der Waals surface area contributed by atoms with Crippen LogP contribution in [0.3, 0.4) is 0 Å². The zero-order valence-electron chi connectivity index (χ0n) is 81.2. The van der Waals surface area contributed by atoms with Gasteiger partial charge in [0.1, 0.15) is 50.8 Å². The van der Waals surface area contributed by atoms with Crippen LogP contribution < -0.4 is 42.8 Å². The van der Waals surface area contributed by atoms with Crippen molar-refractivity contribution in [1.82, 2.24) is 50.5 Å². The molecule has 12 N–H and O–H groups in total. The predicted octanol–water partition coefficient (Wildman–Crippen LogP) is 12.6. The normalized spacial score (nSPS) is 19.4. The maximum Gasteiger partial charge on any atom is 0.410 e. The molecule has 34 nitrogen and oxygen atoms in total. The van der Waals surface area contributed by atoms with E-state index in [9.17, 15) is 67.3 Å². The number of nitrogens with one attached hydrogen (secondary N) is 5. The number of ether oxygens (including phenoxy) is 7. The number of aromatic nitrogens is 1. The first kappa shape index (κ1) is 115. The Morgan fingerprint density at radius 1 is 0.565 bits per heavy atom. The Morgan fingerprint density at radius 3 is 1.59 bits per heavy atom. The van der Waals surface area contributed by atoms with Crippen LogP contribution in [0.15, 0.2) is 231 Å². The lowest BCUT2D eigenvalue weighted by molar-refractivity contribution is -0.646. The SMILES string of the molecule is C=CCCCN(CC=C)C(=O)OCc1ccccc1.C=CCNC(=O)OCc1ccccc1.CC(C)C[C@H](N)C(=O)NC1CCCN(S(=O)(=O)c2cccc[n+]2[O-])CC1O.CC(C)C[C@H](NC(=O)OC(C)(C)C)C(=O)NC1CCCNCC1O.NC1CCCN(C(=O)OCc2ccccc2)CC1O.O=C(OCc1ccccc1)N1CC=CCCC1.O=C(OCc1ccccc1)N1CCCC2OC2C1. The van der Waals surface area contributed by atoms with Crippen molar-refractivity contribution in [2.75, 3.05) is 85.1 Å². The number of β-amino-alcohol motifs (C(OH)–C–C–N with tert-alkyl or cyclic N) is 3. The summed E-state index contributed by atoms with van der Waals surface area (Å²) < 4.78 is 63.6. The van der Waals surface area contributed by atoms with Crippen molar-refractivity contribution in [1.29, 1.82) is 0 Å². The third kappa shape index (κ3) is 46.1. The van der Waals surface area contributed by atoms with Gasteiger partial charge in [-0.1, -0.05) is 210 Å². The van der Waals surface area contributed by atoms with Gasteiger partial charge in [0, 0.05) is 83.6 Å². The molecule has 0 radical (unpaired) electrons. The number of unbranched alkanes of at least 4 members (excludes halogenated alkanes) is 1. The topological polar surface area (TPSA) is 455 Å². The second-order valence-corrected chi connectivity index (χ2v) is 37.8. The van der Waals surface area contributed by atoms with Crippen molar-refractivity contribution >= 4 is 58.4 Å². The van der Waals surface area contributed by atoms with Crippen molar-refractivity contribution in [2.24, 2.45) is 23.3 Å². The molecule has 12 rings (SSSR count). The number of aliphatic hydroxyl groups excluding tert-OH is 3. The van der Waals surface area contributed by atoms with Crippen LogP contribution in [0.4, 0.5) is 28.8 Å². The van der Waals surface area contributed by atoms with Gasteiger partial charge >= 0.3 is 51.6 Å². The Bertz CT molecular complexity index is 4720. The average Bonchev–Trinajstić information content (AvgIpc) is 1.15. The van der Waals surface area contributed by atoms with Crippen LogP contribution in [0.1, 0.15) is 166 Å². The summed E-state index contributed by atoms with van der Waals surface area (Å²) in [5, 5.41) is 55.7. The number of benzene rings is 5. The molecule has 138 heavy (non-hydrogen) atoms. The third-order valence-corrected chi connectivity index (χ3v) is 24.0. The molecule has 8 unspecified atom stereocenters. The number of pyridine rings is 1. The number of fused-ring (bicyclic) bond motifs is 1. The van der Waals surface area contributed by atoms with Crippen LogP contribution >= 0.6 is 0 Å². The molecule has 5 saturated heterocycles. The second kappa shape index (κ2) is 63.6. The second-order valence-electron chi connectivity index (χ2n) is 35.9. The molecule has 8 amide bonds. The highest BCUT2D eigenvalue weighted by molar-refractivity contribution is 7.89. The Balaban J connectivity index is 0.000000249. The van der Waals surface area contributed by atoms with E-state index in [2.05, 4.69) is 52.4 Å². The fourth-order valence-electron chi connectivity index (χ4n) is 14.6. The highest BCUT2D eigenvalue weighted by atomic mass is 32.2. The number of nitrogens with zero attached hydrogens (tertiary/aromatic N) is 6. The van der Waals surface area contributed by atoms with Crippen LogP contribution in [-0.2, 0) is 85.8 Å². The van der Waals surface area contributed by atoms with Crippen molar-refractivity contribution in [3.8, 4) is 0 Å². The molecule has 7 heterocycles. The monoisotopic (exact) mass is 1940 g/mol. The molecule has 0 bridgehead atoms. The summed E-state index contributed by atoms with van der Waals surface area (Å²) in [5.74, 6) is -0.142. The van der Waals surface area contributed by atoms with Crippen molar-refractivity contribution in [2.45, 2.75) is 243 Å². The number of hydrogen-bond donors (Lipinski definition) is 10. The number of aliphatic hydroxyl groups is 3. The lowest BCUT2D eigenvalue weighted by Crippen LogP contribution is -2.54. The predicted molar refractivity (Wildman–Crippen MR) is 528 cm³/mol. The Morgan fingerprint density at radius 2 is 1.06 bits per heavy atom. The summed E-state index contributed by atoms with van der Waals surface area (Å²) in [7, 11) is -4.05. The van der Waals surface area contributed by atoms with Crippen molar-refractivity contribution in [3.63, 3.8) is 0 Å². The quantitative estimate of drug-likeness (QED) is 0.00521. The Hall–Kier alpha value is -11.8. The van der Waals surface area contributed by atoms with E-state index in [0.29, 0.717) is 110 Å². The zero-order valence-corrected chi connectivity index (χ0v) is 82.1. The summed E-state index contributed by atoms with van der Waals surface area (Å²) in [6.45, 7) is 32.1. The third-order valence-electron chi connectivity index (χ3n) is 22.1. The maximum absolute atomic E-state index is 12.8. The minimum atomic E-state index is -4.05. The van der Waals surface area contributed by atoms with Crippen molar-refractivity contribution in [3.05, 3.63) is 259 Å². The van der Waals surface area contributed by atoms with E-state index in [1.165, 1.54) is 23.1 Å². The Kier molecular flexibility index (Phi) is 53.0. The molecule has 758 valence electrons. The first-order valence-corrected chi connectivity index (χ1v) is 49.1. The number of alkyl carbamates (subject to hydrolysis) is 2. The molecular weight excluding hydrogens is 1790 g/mol. The number of nitrogens with two attached hydrogens (primary N) is 2. The van der Waals surface area contributed by atoms with Gasteiger partial charge in [0.25, 0.3) is 0 Å². The molecule has 0 aliphatic carbocycles. The number of sulfonamides is 1. The Labute approximate surface area is 814 Å². The largest absolute Gasteiger partial charge is 0.618 e. The number of hydrogen-bond acceptors (Lipinski definition) is 24. The molecule has 5 fully saturated rings. The van der Waals surface area contributed by atoms with Gasteiger partial charge in [0.15, 0.2) is 6.20 Å². The maximum atomic E-state index is 12.8. The van der Waals surface area contributed by atoms with E-state index in [-0.39, 0.29) is 91.1 Å². The molecule has 0 spiro atoms. The van der Waals surface area contributed by atoms with Gasteiger partial charge in [0.2, 0.25) is 11.8 Å². The van der Waals surface area contributed by atoms with E-state index in [1.54, 1.807) is 47.6 Å². The van der Waals surface area contributed by atoms with Gasteiger partial charge in [-0.15, -0.1) is 19.7 Å². The fourth-order valence-corrected chi connectivity index (χ4v) is 16.2. The lowest BCUT2D eigenvalue weighted by Gasteiger charge is -2.27. The molecule has 6 aromatic rings. The average molecular weight is 1940 g/mol. The van der Waals surface area contributed by atoms with Gasteiger partial charge in [-0.25, -0.2) is 37.2 Å². The summed E-state index contributed by atoms with van der Waals surface area (Å²) >= 11 is 0. The number of carbonyl (C=O) groups is 8. The van der Waals surface area contributed by atoms with E-state index >= 15 is 0 Å². The summed E-state index contributed by atoms with van der Waals surface area (Å²) in [4.78, 5) is 102. The van der Waals surface area contributed by atoms with Gasteiger partial charge in [-0.05, 0) is 163 Å². The first-order valence-electron chi connectivity index (χ1n) is 47.6. The van der Waals surface area contributed by atoms with E-state index < -0.39 is 75.4 Å². The van der Waals surface area contributed by atoms with Gasteiger partial charge in [0.05, 0.1) is 55.6 Å². The fraction of sp³-hybridized carbons (Fsp3) is 0.505. The van der Waals surface area contributed by atoms with E-state index in [1.807, 2.05) is 192 Å². The molecule has 6 aliphatic heterocycles. The molecule has 0 saturated carbocycles. The molecule has 1 aromatic heterocycles. The molecule has 35 heteroatoms. The van der Waals surface area contributed by atoms with E-state index in [0.717, 1.165) is 116 Å². The van der Waals surface area contributed by atoms with Crippen molar-refractivity contribution < 1.29 is 100.0 Å². The van der Waals surface area contributed by atoms with Crippen LogP contribution in [0.25, 0.3) is 0 Å². The summed E-state index contributed by atoms with van der Waals surface area (Å²) in [6.07, 6.45) is 17.4. The number of rotatable bonds is 29. The summed E-state index contributed by atoms with van der Waals surface area (Å²) in [5.41, 5.74) is 16.0. The molecule has 6 aliphatic rings. The van der Waals surface area contributed by atoms with Gasteiger partial charge in [-0.3, -0.25) is 9.59 Å². The van der Waals surface area contributed by atoms with Gasteiger partial charge in [-0.2, -0.15) is 9.04 Å². The highest BCUT2D eigenvalue weighted by Gasteiger charge is 2.43.